The lowest BCUT2D eigenvalue weighted by Crippen LogP contribution is -2.23. The van der Waals surface area contributed by atoms with E-state index in [1.165, 1.54) is 7.11 Å². The van der Waals surface area contributed by atoms with E-state index in [-0.39, 0.29) is 11.9 Å². The second-order valence-electron chi connectivity index (χ2n) is 4.67. The number of esters is 1. The van der Waals surface area contributed by atoms with Crippen LogP contribution in [0.4, 0.5) is 0 Å². The van der Waals surface area contributed by atoms with E-state index >= 15 is 0 Å². The third kappa shape index (κ3) is 3.50. The Hall–Kier alpha value is -2.57. The molecule has 1 aromatic heterocycles. The lowest BCUT2D eigenvalue weighted by atomic mass is 10.0. The van der Waals surface area contributed by atoms with E-state index in [9.17, 15) is 9.59 Å². The molecule has 0 radical (unpaired) electrons. The van der Waals surface area contributed by atoms with Crippen LogP contribution in [0.2, 0.25) is 0 Å². The summed E-state index contributed by atoms with van der Waals surface area (Å²) in [5.74, 6) is -0.606. The maximum Gasteiger partial charge on any atom is 0.337 e. The number of hydrogen-bond donors (Lipinski definition) is 1. The first-order valence-electron chi connectivity index (χ1n) is 6.47. The van der Waals surface area contributed by atoms with Gasteiger partial charge in [0.25, 0.3) is 5.91 Å². The molecule has 7 heteroatoms. The summed E-state index contributed by atoms with van der Waals surface area (Å²) in [6, 6.07) is 8.61. The first-order valence-corrected chi connectivity index (χ1v) is 6.47. The quantitative estimate of drug-likeness (QED) is 0.601. The van der Waals surface area contributed by atoms with E-state index in [0.29, 0.717) is 17.8 Å². The van der Waals surface area contributed by atoms with Crippen molar-refractivity contribution in [3.8, 4) is 0 Å². The van der Waals surface area contributed by atoms with Gasteiger partial charge in [0.15, 0.2) is 7.85 Å². The van der Waals surface area contributed by atoms with E-state index in [1.54, 1.807) is 42.1 Å². The van der Waals surface area contributed by atoms with Gasteiger partial charge >= 0.3 is 5.97 Å². The number of ether oxygens (including phenoxy) is 1. The average molecular weight is 285 g/mol. The Morgan fingerprint density at radius 2 is 2.00 bits per heavy atom. The van der Waals surface area contributed by atoms with Crippen molar-refractivity contribution in [1.29, 1.82) is 0 Å². The number of aromatic nitrogens is 2. The number of methoxy groups -OCH3 is 1. The Kier molecular flexibility index (Phi) is 4.42. The summed E-state index contributed by atoms with van der Waals surface area (Å²) >= 11 is 0. The Morgan fingerprint density at radius 1 is 1.33 bits per heavy atom. The number of nitrogens with one attached hydrogen (secondary N) is 1. The molecule has 1 heterocycles. The number of carbonyl (C=O) groups excluding carboxylic acids is 2. The molecule has 2 aromatic rings. The summed E-state index contributed by atoms with van der Waals surface area (Å²) in [5.41, 5.74) is 2.68. The van der Waals surface area contributed by atoms with Crippen molar-refractivity contribution < 1.29 is 14.3 Å². The number of nitrogens with zero attached hydrogens (tertiary/aromatic N) is 2. The molecular formula is C14H16BN3O3. The van der Waals surface area contributed by atoms with E-state index in [1.807, 2.05) is 7.85 Å². The Labute approximate surface area is 123 Å². The minimum atomic E-state index is -0.380. The molecule has 1 N–H and O–H groups in total. The number of hydrogen-bond acceptors (Lipinski definition) is 4. The second kappa shape index (κ2) is 6.26. The van der Waals surface area contributed by atoms with Gasteiger partial charge in [-0.05, 0) is 29.4 Å². The monoisotopic (exact) mass is 285 g/mol. The van der Waals surface area contributed by atoms with E-state index in [2.05, 4.69) is 15.2 Å². The zero-order valence-corrected chi connectivity index (χ0v) is 12.2. The van der Waals surface area contributed by atoms with Crippen molar-refractivity contribution in [2.45, 2.75) is 6.54 Å². The highest BCUT2D eigenvalue weighted by molar-refractivity contribution is 6.31. The lowest BCUT2D eigenvalue weighted by molar-refractivity contribution is 0.0600. The first kappa shape index (κ1) is 14.8. The fourth-order valence-corrected chi connectivity index (χ4v) is 1.82. The molecule has 6 nitrogen and oxygen atoms in total. The van der Waals surface area contributed by atoms with Crippen molar-refractivity contribution in [1.82, 2.24) is 15.1 Å². The van der Waals surface area contributed by atoms with Gasteiger partial charge in [0, 0.05) is 13.6 Å². The van der Waals surface area contributed by atoms with E-state index in [4.69, 9.17) is 0 Å². The summed E-state index contributed by atoms with van der Waals surface area (Å²) < 4.78 is 6.28. The van der Waals surface area contributed by atoms with Crippen molar-refractivity contribution in [2.75, 3.05) is 7.11 Å². The molecule has 1 amide bonds. The molecule has 108 valence electrons. The summed E-state index contributed by atoms with van der Waals surface area (Å²) in [7, 11) is 5.01. The predicted molar refractivity (Wildman–Crippen MR) is 80.3 cm³/mol. The molecule has 1 aromatic carbocycles. The molecule has 21 heavy (non-hydrogen) atoms. The van der Waals surface area contributed by atoms with Gasteiger partial charge in [0.2, 0.25) is 0 Å². The van der Waals surface area contributed by atoms with Crippen LogP contribution in [-0.2, 0) is 18.3 Å². The highest BCUT2D eigenvalue weighted by Gasteiger charge is 2.10. The Bertz CT molecular complexity index is 645. The van der Waals surface area contributed by atoms with Crippen LogP contribution in [0.5, 0.6) is 0 Å². The van der Waals surface area contributed by atoms with Crippen LogP contribution in [0.3, 0.4) is 0 Å². The van der Waals surface area contributed by atoms with E-state index < -0.39 is 0 Å². The van der Waals surface area contributed by atoms with Crippen LogP contribution < -0.4 is 10.9 Å². The molecule has 0 bridgehead atoms. The molecule has 0 spiro atoms. The fraction of sp³-hybridized carbons (Fsp3) is 0.214. The van der Waals surface area contributed by atoms with Gasteiger partial charge in [-0.25, -0.2) is 4.79 Å². The zero-order chi connectivity index (χ0) is 15.4. The minimum Gasteiger partial charge on any atom is -0.465 e. The summed E-state index contributed by atoms with van der Waals surface area (Å²) in [6.45, 7) is 0.371. The summed E-state index contributed by atoms with van der Waals surface area (Å²) in [6.07, 6.45) is 0. The van der Waals surface area contributed by atoms with Crippen LogP contribution in [-0.4, -0.2) is 36.6 Å². The average Bonchev–Trinajstić information content (AvgIpc) is 2.84. The van der Waals surface area contributed by atoms with Gasteiger partial charge < -0.3 is 10.1 Å². The third-order valence-corrected chi connectivity index (χ3v) is 3.17. The van der Waals surface area contributed by atoms with Crippen molar-refractivity contribution in [3.63, 3.8) is 0 Å². The van der Waals surface area contributed by atoms with Gasteiger partial charge in [-0.1, -0.05) is 12.1 Å². The minimum absolute atomic E-state index is 0.226. The highest BCUT2D eigenvalue weighted by atomic mass is 16.5. The maximum absolute atomic E-state index is 11.9. The van der Waals surface area contributed by atoms with Crippen LogP contribution >= 0.6 is 0 Å². The number of benzene rings is 1. The second-order valence-corrected chi connectivity index (χ2v) is 4.67. The standard InChI is InChI=1S/C14H16BN3O3/c1-18-12(15)7-11(17-18)13(19)16-8-9-3-5-10(6-4-9)14(20)21-2/h3-7H,8,15H2,1-2H3,(H,16,19). The highest BCUT2D eigenvalue weighted by Crippen LogP contribution is 2.06. The molecule has 0 saturated heterocycles. The number of rotatable bonds is 4. The first-order chi connectivity index (χ1) is 10.0. The van der Waals surface area contributed by atoms with Crippen LogP contribution in [0.25, 0.3) is 0 Å². The van der Waals surface area contributed by atoms with Crippen molar-refractivity contribution in [2.24, 2.45) is 7.05 Å². The van der Waals surface area contributed by atoms with Crippen molar-refractivity contribution >= 4 is 25.3 Å². The zero-order valence-electron chi connectivity index (χ0n) is 12.2. The smallest absolute Gasteiger partial charge is 0.337 e. The van der Waals surface area contributed by atoms with Gasteiger partial charge in [-0.15, -0.1) is 0 Å². The van der Waals surface area contributed by atoms with Crippen LogP contribution in [0, 0.1) is 0 Å². The normalized spacial score (nSPS) is 10.2. The molecular weight excluding hydrogens is 269 g/mol. The Morgan fingerprint density at radius 3 is 2.52 bits per heavy atom. The predicted octanol–water partition coefficient (Wildman–Crippen LogP) is -0.605. The number of amides is 1. The van der Waals surface area contributed by atoms with Crippen LogP contribution in [0.1, 0.15) is 26.4 Å². The van der Waals surface area contributed by atoms with Gasteiger partial charge in [-0.3, -0.25) is 9.48 Å². The Balaban J connectivity index is 1.96. The molecule has 0 fully saturated rings. The number of carbonyl (C=O) groups is 2. The molecule has 0 aliphatic rings. The molecule has 0 atom stereocenters. The van der Waals surface area contributed by atoms with Gasteiger partial charge in [0.05, 0.1) is 12.7 Å². The van der Waals surface area contributed by atoms with E-state index in [0.717, 1.165) is 11.2 Å². The molecule has 0 aliphatic carbocycles. The van der Waals surface area contributed by atoms with Crippen LogP contribution in [0.15, 0.2) is 30.3 Å². The van der Waals surface area contributed by atoms with Gasteiger partial charge in [-0.2, -0.15) is 5.10 Å². The molecule has 2 rings (SSSR count). The van der Waals surface area contributed by atoms with Crippen molar-refractivity contribution in [3.05, 3.63) is 47.2 Å². The molecule has 0 unspecified atom stereocenters. The topological polar surface area (TPSA) is 73.2 Å². The molecule has 0 aliphatic heterocycles. The largest absolute Gasteiger partial charge is 0.465 e. The van der Waals surface area contributed by atoms with Gasteiger partial charge in [0.1, 0.15) is 5.69 Å². The molecule has 0 saturated carbocycles. The maximum atomic E-state index is 11.9. The number of aryl methyl sites for hydroxylation is 1. The summed E-state index contributed by atoms with van der Waals surface area (Å²) in [5, 5.41) is 6.90. The SMILES string of the molecule is Bc1cc(C(=O)NCc2ccc(C(=O)OC)cc2)nn1C. The lowest BCUT2D eigenvalue weighted by Gasteiger charge is -2.04. The third-order valence-electron chi connectivity index (χ3n) is 3.17. The summed E-state index contributed by atoms with van der Waals surface area (Å²) in [4.78, 5) is 23.3. The fourth-order valence-electron chi connectivity index (χ4n) is 1.82.